The molecule has 102 valence electrons. The Morgan fingerprint density at radius 2 is 1.31 bits per heavy atom. The lowest BCUT2D eigenvalue weighted by Gasteiger charge is -2.19. The van der Waals surface area contributed by atoms with Crippen molar-refractivity contribution in [3.8, 4) is 0 Å². The largest absolute Gasteiger partial charge is 0.444 e. The summed E-state index contributed by atoms with van der Waals surface area (Å²) in [6, 6.07) is 0. The van der Waals surface area contributed by atoms with Gasteiger partial charge in [0.1, 0.15) is 5.60 Å². The molecule has 0 heterocycles. The first-order valence-electron chi connectivity index (χ1n) is 6.42. The second kappa shape index (κ2) is 19.8. The summed E-state index contributed by atoms with van der Waals surface area (Å²) in [6.07, 6.45) is -0.352. The van der Waals surface area contributed by atoms with Gasteiger partial charge in [0.15, 0.2) is 0 Å². The first-order valence-corrected chi connectivity index (χ1v) is 6.42. The van der Waals surface area contributed by atoms with Gasteiger partial charge < -0.3 is 10.1 Å². The predicted octanol–water partition coefficient (Wildman–Crippen LogP) is 4.61. The summed E-state index contributed by atoms with van der Waals surface area (Å²) in [7, 11) is 0. The third kappa shape index (κ3) is 37.8. The molecule has 0 fully saturated rings. The van der Waals surface area contributed by atoms with Crippen molar-refractivity contribution in [1.82, 2.24) is 5.32 Å². The molecular formula is C13H33NO2. The van der Waals surface area contributed by atoms with E-state index < -0.39 is 0 Å². The van der Waals surface area contributed by atoms with Crippen molar-refractivity contribution >= 4 is 6.09 Å². The van der Waals surface area contributed by atoms with Crippen LogP contribution in [0.5, 0.6) is 0 Å². The fraction of sp³-hybridized carbons (Fsp3) is 0.923. The molecule has 0 aromatic heterocycles. The van der Waals surface area contributed by atoms with Gasteiger partial charge in [0, 0.05) is 6.54 Å². The average molecular weight is 235 g/mol. The van der Waals surface area contributed by atoms with E-state index in [9.17, 15) is 4.79 Å². The van der Waals surface area contributed by atoms with E-state index in [0.29, 0.717) is 6.54 Å². The minimum absolute atomic E-state index is 0.352. The zero-order valence-corrected chi connectivity index (χ0v) is 13.0. The van der Waals surface area contributed by atoms with E-state index in [0.717, 1.165) is 0 Å². The van der Waals surface area contributed by atoms with E-state index in [4.69, 9.17) is 4.74 Å². The Hall–Kier alpha value is -0.730. The molecule has 0 aliphatic heterocycles. The van der Waals surface area contributed by atoms with E-state index in [-0.39, 0.29) is 11.7 Å². The molecule has 0 unspecified atom stereocenters. The molecule has 1 N–H and O–H groups in total. The molecule has 0 aliphatic rings. The monoisotopic (exact) mass is 235 g/mol. The number of alkyl carbamates (subject to hydrolysis) is 1. The molecular weight excluding hydrogens is 202 g/mol. The van der Waals surface area contributed by atoms with Gasteiger partial charge in [-0.3, -0.25) is 0 Å². The Bertz CT molecular complexity index is 118. The normalized spacial score (nSPS) is 7.88. The van der Waals surface area contributed by atoms with Crippen molar-refractivity contribution in [2.45, 2.75) is 74.8 Å². The highest BCUT2D eigenvalue weighted by molar-refractivity contribution is 5.67. The second-order valence-electron chi connectivity index (χ2n) is 3.03. The van der Waals surface area contributed by atoms with Crippen LogP contribution in [-0.4, -0.2) is 18.2 Å². The Morgan fingerprint density at radius 1 is 1.00 bits per heavy atom. The van der Waals surface area contributed by atoms with Crippen LogP contribution in [0.1, 0.15) is 69.2 Å². The summed E-state index contributed by atoms with van der Waals surface area (Å²) < 4.78 is 4.93. The number of hydrogen-bond donors (Lipinski definition) is 1. The number of amides is 1. The summed E-state index contributed by atoms with van der Waals surface area (Å²) in [5.41, 5.74) is -0.390. The van der Waals surface area contributed by atoms with Crippen LogP contribution in [0.4, 0.5) is 4.79 Å². The van der Waals surface area contributed by atoms with Gasteiger partial charge in [-0.15, -0.1) is 0 Å². The molecule has 0 spiro atoms. The van der Waals surface area contributed by atoms with Crippen molar-refractivity contribution in [1.29, 1.82) is 0 Å². The van der Waals surface area contributed by atoms with Gasteiger partial charge >= 0.3 is 6.09 Å². The van der Waals surface area contributed by atoms with Crippen LogP contribution in [0.2, 0.25) is 0 Å². The molecule has 0 aromatic rings. The number of nitrogens with one attached hydrogen (secondary N) is 1. The molecule has 0 saturated carbocycles. The lowest BCUT2D eigenvalue weighted by Crippen LogP contribution is -2.32. The molecule has 0 rings (SSSR count). The third-order valence-corrected chi connectivity index (χ3v) is 0.720. The Labute approximate surface area is 103 Å². The molecule has 0 saturated heterocycles. The Kier molecular flexibility index (Phi) is 30.3. The van der Waals surface area contributed by atoms with Crippen molar-refractivity contribution in [3.63, 3.8) is 0 Å². The molecule has 0 aromatic carbocycles. The van der Waals surface area contributed by atoms with Gasteiger partial charge in [0.25, 0.3) is 0 Å². The molecule has 3 nitrogen and oxygen atoms in total. The fourth-order valence-electron chi connectivity index (χ4n) is 0.459. The second-order valence-corrected chi connectivity index (χ2v) is 3.03. The van der Waals surface area contributed by atoms with Crippen LogP contribution in [0.3, 0.4) is 0 Å². The minimum Gasteiger partial charge on any atom is -0.444 e. The van der Waals surface area contributed by atoms with Crippen LogP contribution in [0, 0.1) is 0 Å². The molecule has 0 bridgehead atoms. The van der Waals surface area contributed by atoms with Gasteiger partial charge in [-0.2, -0.15) is 0 Å². The number of carbonyl (C=O) groups excluding carboxylic acids is 1. The highest BCUT2D eigenvalue weighted by atomic mass is 16.6. The smallest absolute Gasteiger partial charge is 0.407 e. The van der Waals surface area contributed by atoms with Crippen LogP contribution in [0.25, 0.3) is 0 Å². The summed E-state index contributed by atoms with van der Waals surface area (Å²) in [4.78, 5) is 10.7. The van der Waals surface area contributed by atoms with Gasteiger partial charge in [0.2, 0.25) is 0 Å². The van der Waals surface area contributed by atoms with Crippen LogP contribution >= 0.6 is 0 Å². The quantitative estimate of drug-likeness (QED) is 0.720. The van der Waals surface area contributed by atoms with Crippen molar-refractivity contribution in [2.24, 2.45) is 0 Å². The van der Waals surface area contributed by atoms with Crippen LogP contribution < -0.4 is 5.32 Å². The third-order valence-electron chi connectivity index (χ3n) is 0.720. The number of hydrogen-bond acceptors (Lipinski definition) is 2. The summed E-state index contributed by atoms with van der Waals surface area (Å²) in [5.74, 6) is 0. The zero-order chi connectivity index (χ0) is 14.2. The van der Waals surface area contributed by atoms with E-state index in [1.807, 2.05) is 69.2 Å². The molecule has 3 heteroatoms. The maximum Gasteiger partial charge on any atom is 0.407 e. The standard InChI is InChI=1S/C7H15NO2.3C2H6/c1-5-8-6(9)10-7(2,3)4;3*1-2/h5H2,1-4H3,(H,8,9);3*1-2H3. The van der Waals surface area contributed by atoms with Crippen LogP contribution in [0.15, 0.2) is 0 Å². The van der Waals surface area contributed by atoms with E-state index in [2.05, 4.69) is 5.32 Å². The van der Waals surface area contributed by atoms with E-state index in [1.165, 1.54) is 0 Å². The fourth-order valence-corrected chi connectivity index (χ4v) is 0.459. The first kappa shape index (κ1) is 24.5. The first-order chi connectivity index (χ1) is 7.45. The molecule has 1 amide bonds. The predicted molar refractivity (Wildman–Crippen MR) is 74.0 cm³/mol. The van der Waals surface area contributed by atoms with Gasteiger partial charge in [-0.05, 0) is 27.7 Å². The number of ether oxygens (including phenoxy) is 1. The average Bonchev–Trinajstić information content (AvgIpc) is 2.24. The number of carbonyl (C=O) groups is 1. The lowest BCUT2D eigenvalue weighted by molar-refractivity contribution is 0.0531. The minimum atomic E-state index is -0.390. The maximum absolute atomic E-state index is 10.7. The Morgan fingerprint density at radius 3 is 1.50 bits per heavy atom. The Balaban J connectivity index is -0.000000103. The zero-order valence-electron chi connectivity index (χ0n) is 13.0. The SMILES string of the molecule is CC.CC.CC.CCNC(=O)OC(C)(C)C. The van der Waals surface area contributed by atoms with Gasteiger partial charge in [-0.1, -0.05) is 41.5 Å². The van der Waals surface area contributed by atoms with Gasteiger partial charge in [0.05, 0.1) is 0 Å². The lowest BCUT2D eigenvalue weighted by atomic mass is 10.2. The summed E-state index contributed by atoms with van der Waals surface area (Å²) >= 11 is 0. The van der Waals surface area contributed by atoms with E-state index >= 15 is 0 Å². The maximum atomic E-state index is 10.7. The molecule has 0 aliphatic carbocycles. The topological polar surface area (TPSA) is 38.3 Å². The van der Waals surface area contributed by atoms with Crippen molar-refractivity contribution < 1.29 is 9.53 Å². The highest BCUT2D eigenvalue weighted by Crippen LogP contribution is 2.05. The highest BCUT2D eigenvalue weighted by Gasteiger charge is 2.14. The van der Waals surface area contributed by atoms with E-state index in [1.54, 1.807) is 0 Å². The van der Waals surface area contributed by atoms with Crippen LogP contribution in [-0.2, 0) is 4.74 Å². The summed E-state index contributed by atoms with van der Waals surface area (Å²) in [5, 5.41) is 2.54. The van der Waals surface area contributed by atoms with Crippen molar-refractivity contribution in [3.05, 3.63) is 0 Å². The van der Waals surface area contributed by atoms with Gasteiger partial charge in [-0.25, -0.2) is 4.79 Å². The molecule has 0 atom stereocenters. The summed E-state index contributed by atoms with van der Waals surface area (Å²) in [6.45, 7) is 20.0. The molecule has 16 heavy (non-hydrogen) atoms. The number of rotatable bonds is 1. The van der Waals surface area contributed by atoms with Crippen molar-refractivity contribution in [2.75, 3.05) is 6.54 Å². The molecule has 0 radical (unpaired) electrons.